The molecule has 0 aromatic rings. The molecule has 1 heterocycles. The Kier molecular flexibility index (Phi) is 4.35. The molecule has 0 aromatic carbocycles. The van der Waals surface area contributed by atoms with E-state index in [0.29, 0.717) is 6.54 Å². The van der Waals surface area contributed by atoms with Crippen LogP contribution in [0.25, 0.3) is 0 Å². The molecule has 0 spiro atoms. The fourth-order valence-corrected chi connectivity index (χ4v) is 1.88. The molecular formula is C10H20N2O2. The Balaban J connectivity index is 2.50. The first-order chi connectivity index (χ1) is 6.65. The third-order valence-corrected chi connectivity index (χ3v) is 2.61. The van der Waals surface area contributed by atoms with Gasteiger partial charge in [-0.3, -0.25) is 4.79 Å². The Bertz CT molecular complexity index is 195. The van der Waals surface area contributed by atoms with Crippen LogP contribution in [-0.2, 0) is 4.79 Å². The van der Waals surface area contributed by atoms with Gasteiger partial charge >= 0.3 is 0 Å². The first-order valence-corrected chi connectivity index (χ1v) is 5.20. The predicted octanol–water partition coefficient (Wildman–Crippen LogP) is -0.0786. The third kappa shape index (κ3) is 2.96. The number of aliphatic hydroxyl groups is 1. The second-order valence-corrected chi connectivity index (χ2v) is 4.16. The van der Waals surface area contributed by atoms with E-state index >= 15 is 0 Å². The molecule has 82 valence electrons. The average molecular weight is 200 g/mol. The number of hydrogen-bond acceptors (Lipinski definition) is 3. The van der Waals surface area contributed by atoms with Gasteiger partial charge in [-0.2, -0.15) is 0 Å². The van der Waals surface area contributed by atoms with Crippen LogP contribution in [0.3, 0.4) is 0 Å². The molecule has 0 aromatic heterocycles. The minimum absolute atomic E-state index is 0.0520. The Labute approximate surface area is 85.5 Å². The Morgan fingerprint density at radius 3 is 2.79 bits per heavy atom. The van der Waals surface area contributed by atoms with Gasteiger partial charge in [-0.1, -0.05) is 0 Å². The minimum atomic E-state index is 0.0520. The van der Waals surface area contributed by atoms with Crippen molar-refractivity contribution in [3.05, 3.63) is 0 Å². The lowest BCUT2D eigenvalue weighted by molar-refractivity contribution is -0.136. The van der Waals surface area contributed by atoms with E-state index in [-0.39, 0.29) is 18.6 Å². The molecule has 1 rings (SSSR count). The van der Waals surface area contributed by atoms with E-state index in [9.17, 15) is 4.79 Å². The molecule has 1 saturated heterocycles. The summed E-state index contributed by atoms with van der Waals surface area (Å²) in [5.41, 5.74) is 0. The van der Waals surface area contributed by atoms with E-state index in [2.05, 4.69) is 0 Å². The van der Waals surface area contributed by atoms with Crippen molar-refractivity contribution >= 4 is 5.91 Å². The molecule has 1 unspecified atom stereocenters. The maximum absolute atomic E-state index is 11.8. The Hall–Kier alpha value is -0.610. The molecule has 14 heavy (non-hydrogen) atoms. The van der Waals surface area contributed by atoms with Crippen molar-refractivity contribution in [1.29, 1.82) is 0 Å². The van der Waals surface area contributed by atoms with E-state index < -0.39 is 0 Å². The van der Waals surface area contributed by atoms with Gasteiger partial charge in [0.1, 0.15) is 0 Å². The largest absolute Gasteiger partial charge is 0.394 e. The number of nitrogens with zero attached hydrogens (tertiary/aromatic N) is 2. The summed E-state index contributed by atoms with van der Waals surface area (Å²) in [6.07, 6.45) is 3.13. The lowest BCUT2D eigenvalue weighted by Gasteiger charge is -2.35. The summed E-state index contributed by atoms with van der Waals surface area (Å²) in [6.45, 7) is 1.34. The van der Waals surface area contributed by atoms with Crippen LogP contribution in [0.2, 0.25) is 0 Å². The van der Waals surface area contributed by atoms with Crippen molar-refractivity contribution in [3.8, 4) is 0 Å². The van der Waals surface area contributed by atoms with Crippen molar-refractivity contribution in [3.63, 3.8) is 0 Å². The van der Waals surface area contributed by atoms with Gasteiger partial charge in [-0.05, 0) is 33.4 Å². The number of aliphatic hydroxyl groups excluding tert-OH is 1. The topological polar surface area (TPSA) is 43.8 Å². The van der Waals surface area contributed by atoms with Crippen LogP contribution in [0.15, 0.2) is 0 Å². The zero-order valence-electron chi connectivity index (χ0n) is 9.07. The monoisotopic (exact) mass is 200 g/mol. The molecule has 1 fully saturated rings. The number of rotatable bonds is 3. The highest BCUT2D eigenvalue weighted by Gasteiger charge is 2.25. The molecule has 0 aliphatic carbocycles. The molecular weight excluding hydrogens is 180 g/mol. The van der Waals surface area contributed by atoms with Crippen LogP contribution in [0, 0.1) is 0 Å². The van der Waals surface area contributed by atoms with E-state index in [1.165, 1.54) is 0 Å². The van der Waals surface area contributed by atoms with Crippen molar-refractivity contribution in [2.75, 3.05) is 33.8 Å². The van der Waals surface area contributed by atoms with E-state index in [4.69, 9.17) is 5.11 Å². The summed E-state index contributed by atoms with van der Waals surface area (Å²) in [7, 11) is 3.77. The molecule has 1 aliphatic heterocycles. The number of piperidine rings is 1. The van der Waals surface area contributed by atoms with Crippen molar-refractivity contribution in [2.24, 2.45) is 0 Å². The normalized spacial score (nSPS) is 22.9. The summed E-state index contributed by atoms with van der Waals surface area (Å²) in [6, 6.07) is 0.0520. The number of carbonyl (C=O) groups is 1. The molecule has 0 bridgehead atoms. The van der Waals surface area contributed by atoms with Crippen LogP contribution in [0.4, 0.5) is 0 Å². The maximum atomic E-state index is 11.8. The fourth-order valence-electron chi connectivity index (χ4n) is 1.88. The molecule has 1 atom stereocenters. The average Bonchev–Trinajstić information content (AvgIpc) is 2.16. The number of carbonyl (C=O) groups excluding carboxylic acids is 1. The van der Waals surface area contributed by atoms with Gasteiger partial charge in [0.15, 0.2) is 0 Å². The van der Waals surface area contributed by atoms with Gasteiger partial charge < -0.3 is 14.9 Å². The van der Waals surface area contributed by atoms with E-state index in [1.54, 1.807) is 0 Å². The van der Waals surface area contributed by atoms with Crippen molar-refractivity contribution < 1.29 is 9.90 Å². The standard InChI is InChI=1S/C10H20N2O2/c1-11(2)7-10(14)12-6-4-3-5-9(12)8-13/h9,13H,3-8H2,1-2H3. The summed E-state index contributed by atoms with van der Waals surface area (Å²) in [5.74, 6) is 0.133. The van der Waals surface area contributed by atoms with Gasteiger partial charge in [0, 0.05) is 6.54 Å². The zero-order chi connectivity index (χ0) is 10.6. The van der Waals surface area contributed by atoms with Gasteiger partial charge in [0.25, 0.3) is 0 Å². The minimum Gasteiger partial charge on any atom is -0.394 e. The van der Waals surface area contributed by atoms with Gasteiger partial charge in [0.05, 0.1) is 19.2 Å². The molecule has 1 N–H and O–H groups in total. The van der Waals surface area contributed by atoms with E-state index in [1.807, 2.05) is 23.9 Å². The molecule has 4 nitrogen and oxygen atoms in total. The van der Waals surface area contributed by atoms with Crippen molar-refractivity contribution in [1.82, 2.24) is 9.80 Å². The Morgan fingerprint density at radius 2 is 2.21 bits per heavy atom. The molecule has 0 saturated carbocycles. The Morgan fingerprint density at radius 1 is 1.50 bits per heavy atom. The van der Waals surface area contributed by atoms with Gasteiger partial charge in [0.2, 0.25) is 5.91 Å². The van der Waals surface area contributed by atoms with Gasteiger partial charge in [-0.25, -0.2) is 0 Å². The maximum Gasteiger partial charge on any atom is 0.237 e. The number of amides is 1. The van der Waals surface area contributed by atoms with Crippen LogP contribution in [-0.4, -0.2) is 60.6 Å². The second kappa shape index (κ2) is 5.32. The van der Waals surface area contributed by atoms with Gasteiger partial charge in [-0.15, -0.1) is 0 Å². The first kappa shape index (κ1) is 11.5. The first-order valence-electron chi connectivity index (χ1n) is 5.20. The summed E-state index contributed by atoms with van der Waals surface area (Å²) < 4.78 is 0. The summed E-state index contributed by atoms with van der Waals surface area (Å²) in [4.78, 5) is 15.4. The summed E-state index contributed by atoms with van der Waals surface area (Å²) >= 11 is 0. The quantitative estimate of drug-likeness (QED) is 0.693. The number of hydrogen-bond donors (Lipinski definition) is 1. The molecule has 1 amide bonds. The third-order valence-electron chi connectivity index (χ3n) is 2.61. The highest BCUT2D eigenvalue weighted by atomic mass is 16.3. The lowest BCUT2D eigenvalue weighted by Crippen LogP contribution is -2.48. The summed E-state index contributed by atoms with van der Waals surface area (Å²) in [5, 5.41) is 9.14. The molecule has 0 radical (unpaired) electrons. The number of likely N-dealkylation sites (N-methyl/N-ethyl adjacent to an activating group) is 1. The van der Waals surface area contributed by atoms with Crippen LogP contribution in [0.1, 0.15) is 19.3 Å². The lowest BCUT2D eigenvalue weighted by atomic mass is 10.0. The van der Waals surface area contributed by atoms with E-state index in [0.717, 1.165) is 25.8 Å². The SMILES string of the molecule is CN(C)CC(=O)N1CCCCC1CO. The zero-order valence-corrected chi connectivity index (χ0v) is 9.07. The molecule has 1 aliphatic rings. The van der Waals surface area contributed by atoms with Crippen LogP contribution in [0.5, 0.6) is 0 Å². The highest BCUT2D eigenvalue weighted by Crippen LogP contribution is 2.16. The molecule has 4 heteroatoms. The second-order valence-electron chi connectivity index (χ2n) is 4.16. The van der Waals surface area contributed by atoms with Crippen LogP contribution >= 0.6 is 0 Å². The predicted molar refractivity (Wildman–Crippen MR) is 55.0 cm³/mol. The van der Waals surface area contributed by atoms with Crippen LogP contribution < -0.4 is 0 Å². The fraction of sp³-hybridized carbons (Fsp3) is 0.900. The smallest absolute Gasteiger partial charge is 0.237 e. The van der Waals surface area contributed by atoms with Crippen molar-refractivity contribution in [2.45, 2.75) is 25.3 Å². The number of likely N-dealkylation sites (tertiary alicyclic amines) is 1. The highest BCUT2D eigenvalue weighted by molar-refractivity contribution is 5.78.